The highest BCUT2D eigenvalue weighted by atomic mass is 16.7. The first-order chi connectivity index (χ1) is 7.91. The van der Waals surface area contributed by atoms with E-state index in [-0.39, 0.29) is 0 Å². The van der Waals surface area contributed by atoms with E-state index in [2.05, 4.69) is 0 Å². The Morgan fingerprint density at radius 1 is 0.889 bits per heavy atom. The van der Waals surface area contributed by atoms with Gasteiger partial charge in [0.2, 0.25) is 0 Å². The molecule has 0 aromatic heterocycles. The van der Waals surface area contributed by atoms with Crippen LogP contribution in [0.5, 0.6) is 0 Å². The molecule has 6 nitrogen and oxygen atoms in total. The molecule has 0 amide bonds. The summed E-state index contributed by atoms with van der Waals surface area (Å²) in [7, 11) is 0. The molecule has 104 valence electrons. The van der Waals surface area contributed by atoms with Crippen molar-refractivity contribution in [1.29, 1.82) is 0 Å². The molecule has 2 unspecified atom stereocenters. The minimum Gasteiger partial charge on any atom is -0.389 e. The SMILES string of the molecule is CC1(C)C(O)[C@@]1(O)[C@H]1OC(O)[C@@]2(O)C(C)(C)[C@@]12O. The predicted octanol–water partition coefficient (Wildman–Crippen LogP) is -1.66. The van der Waals surface area contributed by atoms with E-state index in [4.69, 9.17) is 4.74 Å². The maximum Gasteiger partial charge on any atom is 0.188 e. The summed E-state index contributed by atoms with van der Waals surface area (Å²) in [5, 5.41) is 51.1. The lowest BCUT2D eigenvalue weighted by Gasteiger charge is -2.30. The van der Waals surface area contributed by atoms with E-state index in [0.29, 0.717) is 0 Å². The van der Waals surface area contributed by atoms with Crippen LogP contribution in [0.1, 0.15) is 27.7 Å². The van der Waals surface area contributed by atoms with E-state index in [1.54, 1.807) is 27.7 Å². The predicted molar refractivity (Wildman–Crippen MR) is 59.3 cm³/mol. The molecule has 1 heterocycles. The summed E-state index contributed by atoms with van der Waals surface area (Å²) in [4.78, 5) is 0. The van der Waals surface area contributed by atoms with Crippen molar-refractivity contribution in [2.24, 2.45) is 10.8 Å². The molecule has 0 radical (unpaired) electrons. The summed E-state index contributed by atoms with van der Waals surface area (Å²) in [5.74, 6) is 0. The van der Waals surface area contributed by atoms with Crippen LogP contribution in [0.3, 0.4) is 0 Å². The zero-order valence-corrected chi connectivity index (χ0v) is 10.9. The minimum absolute atomic E-state index is 0.850. The Bertz CT molecular complexity index is 434. The molecule has 6 heteroatoms. The van der Waals surface area contributed by atoms with Crippen molar-refractivity contribution in [1.82, 2.24) is 0 Å². The molecule has 0 aromatic carbocycles. The van der Waals surface area contributed by atoms with Gasteiger partial charge in [-0.05, 0) is 0 Å². The second kappa shape index (κ2) is 2.63. The molecule has 5 N–H and O–H groups in total. The van der Waals surface area contributed by atoms with Gasteiger partial charge >= 0.3 is 0 Å². The van der Waals surface area contributed by atoms with Crippen LogP contribution in [-0.2, 0) is 4.74 Å². The van der Waals surface area contributed by atoms with E-state index in [1.165, 1.54) is 0 Å². The molecule has 2 saturated carbocycles. The lowest BCUT2D eigenvalue weighted by atomic mass is 9.92. The van der Waals surface area contributed by atoms with Gasteiger partial charge in [0.1, 0.15) is 17.3 Å². The first-order valence-electron chi connectivity index (χ1n) is 6.10. The van der Waals surface area contributed by atoms with Gasteiger partial charge in [-0.25, -0.2) is 0 Å². The Morgan fingerprint density at radius 3 is 1.61 bits per heavy atom. The smallest absolute Gasteiger partial charge is 0.188 e. The van der Waals surface area contributed by atoms with E-state index in [9.17, 15) is 25.5 Å². The highest BCUT2D eigenvalue weighted by molar-refractivity contribution is 5.44. The number of fused-ring (bicyclic) bond motifs is 1. The Balaban J connectivity index is 2.04. The number of rotatable bonds is 1. The van der Waals surface area contributed by atoms with Crippen molar-refractivity contribution in [2.45, 2.75) is 63.0 Å². The maximum atomic E-state index is 10.6. The molecule has 0 spiro atoms. The van der Waals surface area contributed by atoms with Gasteiger partial charge in [0.05, 0.1) is 6.10 Å². The van der Waals surface area contributed by atoms with Crippen LogP contribution in [0.4, 0.5) is 0 Å². The van der Waals surface area contributed by atoms with Crippen LogP contribution in [0.15, 0.2) is 0 Å². The summed E-state index contributed by atoms with van der Waals surface area (Å²) in [6.07, 6.45) is -3.86. The monoisotopic (exact) mass is 260 g/mol. The minimum atomic E-state index is -1.81. The van der Waals surface area contributed by atoms with Crippen molar-refractivity contribution in [2.75, 3.05) is 0 Å². The maximum absolute atomic E-state index is 10.6. The number of ether oxygens (including phenoxy) is 1. The van der Waals surface area contributed by atoms with E-state index >= 15 is 0 Å². The summed E-state index contributed by atoms with van der Waals surface area (Å²) in [5.41, 5.74) is -7.09. The molecule has 3 aliphatic rings. The van der Waals surface area contributed by atoms with Crippen LogP contribution in [0, 0.1) is 10.8 Å². The van der Waals surface area contributed by atoms with Gasteiger partial charge in [0.25, 0.3) is 0 Å². The molecule has 2 aliphatic carbocycles. The zero-order valence-electron chi connectivity index (χ0n) is 10.9. The Kier molecular flexibility index (Phi) is 1.87. The van der Waals surface area contributed by atoms with Gasteiger partial charge in [-0.2, -0.15) is 0 Å². The Morgan fingerprint density at radius 2 is 1.33 bits per heavy atom. The third kappa shape index (κ3) is 0.794. The fourth-order valence-electron chi connectivity index (χ4n) is 3.90. The van der Waals surface area contributed by atoms with Crippen molar-refractivity contribution in [3.05, 3.63) is 0 Å². The summed E-state index contributed by atoms with van der Waals surface area (Å²) >= 11 is 0. The van der Waals surface area contributed by atoms with Gasteiger partial charge in [-0.3, -0.25) is 0 Å². The van der Waals surface area contributed by atoms with Crippen LogP contribution in [0.2, 0.25) is 0 Å². The van der Waals surface area contributed by atoms with Crippen molar-refractivity contribution in [3.8, 4) is 0 Å². The molecule has 3 rings (SSSR count). The van der Waals surface area contributed by atoms with Crippen LogP contribution in [-0.4, -0.2) is 60.8 Å². The standard InChI is InChI=1S/C12H20O6/c1-8(2)5(13)10(8,15)6-11(16)9(3,4)12(11,17)7(14)18-6/h5-7,13-17H,1-4H3/t5?,6-,7?,10-,11+,12-/m1/s1. The van der Waals surface area contributed by atoms with Gasteiger partial charge < -0.3 is 30.3 Å². The van der Waals surface area contributed by atoms with Gasteiger partial charge in [-0.1, -0.05) is 27.7 Å². The first-order valence-corrected chi connectivity index (χ1v) is 6.10. The second-order valence-electron chi connectivity index (χ2n) is 6.98. The molecule has 0 bridgehead atoms. The molecular weight excluding hydrogens is 240 g/mol. The molecular formula is C12H20O6. The molecule has 18 heavy (non-hydrogen) atoms. The Hall–Kier alpha value is -0.240. The van der Waals surface area contributed by atoms with Crippen molar-refractivity contribution in [3.63, 3.8) is 0 Å². The fourth-order valence-corrected chi connectivity index (χ4v) is 3.90. The lowest BCUT2D eigenvalue weighted by molar-refractivity contribution is -0.210. The van der Waals surface area contributed by atoms with Gasteiger partial charge in [0, 0.05) is 10.8 Å². The van der Waals surface area contributed by atoms with Crippen LogP contribution >= 0.6 is 0 Å². The van der Waals surface area contributed by atoms with E-state index in [0.717, 1.165) is 0 Å². The largest absolute Gasteiger partial charge is 0.389 e. The zero-order chi connectivity index (χ0) is 13.9. The second-order valence-corrected chi connectivity index (χ2v) is 6.98. The first kappa shape index (κ1) is 12.8. The highest BCUT2D eigenvalue weighted by Gasteiger charge is 2.97. The quantitative estimate of drug-likeness (QED) is 0.386. The summed E-state index contributed by atoms with van der Waals surface area (Å²) in [6, 6.07) is 0. The average molecular weight is 260 g/mol. The van der Waals surface area contributed by atoms with Crippen LogP contribution in [0.25, 0.3) is 0 Å². The third-order valence-electron chi connectivity index (χ3n) is 5.88. The number of aliphatic hydroxyl groups excluding tert-OH is 2. The number of hydrogen-bond donors (Lipinski definition) is 5. The molecule has 1 aliphatic heterocycles. The third-order valence-corrected chi connectivity index (χ3v) is 5.88. The molecule has 3 fully saturated rings. The number of aliphatic hydroxyl groups is 5. The van der Waals surface area contributed by atoms with Crippen molar-refractivity contribution < 1.29 is 30.3 Å². The topological polar surface area (TPSA) is 110 Å². The van der Waals surface area contributed by atoms with E-state index in [1.807, 2.05) is 0 Å². The number of hydrogen-bond acceptors (Lipinski definition) is 6. The van der Waals surface area contributed by atoms with Crippen LogP contribution < -0.4 is 0 Å². The summed E-state index contributed by atoms with van der Waals surface area (Å²) in [6.45, 7) is 6.47. The van der Waals surface area contributed by atoms with E-state index < -0.39 is 46.1 Å². The molecule has 6 atom stereocenters. The molecule has 1 saturated heterocycles. The van der Waals surface area contributed by atoms with Crippen molar-refractivity contribution >= 4 is 0 Å². The highest BCUT2D eigenvalue weighted by Crippen LogP contribution is 2.77. The summed E-state index contributed by atoms with van der Waals surface area (Å²) < 4.78 is 5.14. The van der Waals surface area contributed by atoms with Gasteiger partial charge in [-0.15, -0.1) is 0 Å². The van der Waals surface area contributed by atoms with Gasteiger partial charge in [0.15, 0.2) is 11.9 Å². The Labute approximate surface area is 105 Å². The fraction of sp³-hybridized carbons (Fsp3) is 1.00. The normalized spacial score (nSPS) is 63.5. The lowest BCUT2D eigenvalue weighted by Crippen LogP contribution is -2.48. The average Bonchev–Trinajstić information content (AvgIpc) is 2.73. The molecule has 0 aromatic rings.